The molecule has 0 radical (unpaired) electrons. The molecule has 17 heavy (non-hydrogen) atoms. The van der Waals surface area contributed by atoms with Crippen molar-refractivity contribution >= 4 is 23.4 Å². The maximum Gasteiger partial charge on any atom is 0.339 e. The van der Waals surface area contributed by atoms with Crippen LogP contribution in [0.25, 0.3) is 0 Å². The molecule has 0 spiro atoms. The van der Waals surface area contributed by atoms with E-state index in [1.54, 1.807) is 0 Å². The summed E-state index contributed by atoms with van der Waals surface area (Å²) in [6.45, 7) is 4.13. The second kappa shape index (κ2) is 5.87. The van der Waals surface area contributed by atoms with Crippen molar-refractivity contribution in [1.82, 2.24) is 4.98 Å². The lowest BCUT2D eigenvalue weighted by molar-refractivity contribution is 0.0697. The molecule has 5 heteroatoms. The summed E-state index contributed by atoms with van der Waals surface area (Å²) >= 11 is 5.82. The highest BCUT2D eigenvalue weighted by Gasteiger charge is 2.18. The number of halogens is 1. The molecule has 4 nitrogen and oxygen atoms in total. The normalized spacial score (nSPS) is 12.2. The summed E-state index contributed by atoms with van der Waals surface area (Å²) in [6, 6.07) is 3.21. The molecule has 0 bridgehead atoms. The molecule has 1 rings (SSSR count). The molecule has 0 aliphatic heterocycles. The zero-order valence-electron chi connectivity index (χ0n) is 10.3. The summed E-state index contributed by atoms with van der Waals surface area (Å²) < 4.78 is 0. The van der Waals surface area contributed by atoms with E-state index < -0.39 is 5.97 Å². The Morgan fingerprint density at radius 2 is 2.24 bits per heavy atom. The fourth-order valence-electron chi connectivity index (χ4n) is 1.68. The van der Waals surface area contributed by atoms with Gasteiger partial charge in [-0.3, -0.25) is 0 Å². The smallest absolute Gasteiger partial charge is 0.339 e. The van der Waals surface area contributed by atoms with Crippen LogP contribution in [0.5, 0.6) is 0 Å². The van der Waals surface area contributed by atoms with Crippen molar-refractivity contribution in [2.24, 2.45) is 0 Å². The number of hydrogen-bond donors (Lipinski definition) is 1. The Hall–Kier alpha value is -1.29. The lowest BCUT2D eigenvalue weighted by Gasteiger charge is -2.26. The molecule has 1 aromatic rings. The number of nitrogens with zero attached hydrogens (tertiary/aromatic N) is 2. The highest BCUT2D eigenvalue weighted by molar-refractivity contribution is 6.29. The number of carboxylic acids is 1. The summed E-state index contributed by atoms with van der Waals surface area (Å²) in [5, 5.41) is 9.41. The van der Waals surface area contributed by atoms with Crippen LogP contribution in [0.2, 0.25) is 5.15 Å². The van der Waals surface area contributed by atoms with Gasteiger partial charge in [0, 0.05) is 13.1 Å². The van der Waals surface area contributed by atoms with Gasteiger partial charge in [0.05, 0.1) is 0 Å². The Morgan fingerprint density at radius 1 is 1.59 bits per heavy atom. The summed E-state index contributed by atoms with van der Waals surface area (Å²) in [5.74, 6) is -0.564. The monoisotopic (exact) mass is 256 g/mol. The molecule has 1 atom stereocenters. The topological polar surface area (TPSA) is 53.4 Å². The second-order valence-electron chi connectivity index (χ2n) is 4.06. The minimum atomic E-state index is -0.986. The number of carboxylic acid groups (broad SMARTS) is 1. The molecule has 94 valence electrons. The average molecular weight is 257 g/mol. The van der Waals surface area contributed by atoms with Crippen molar-refractivity contribution < 1.29 is 9.90 Å². The van der Waals surface area contributed by atoms with Gasteiger partial charge in [0.1, 0.15) is 16.5 Å². The van der Waals surface area contributed by atoms with Gasteiger partial charge in [-0.1, -0.05) is 24.9 Å². The van der Waals surface area contributed by atoms with Crippen LogP contribution in [-0.4, -0.2) is 29.1 Å². The maximum absolute atomic E-state index is 11.1. The minimum absolute atomic E-state index is 0.180. The molecule has 1 N–H and O–H groups in total. The minimum Gasteiger partial charge on any atom is -0.478 e. The highest BCUT2D eigenvalue weighted by atomic mass is 35.5. The number of pyridine rings is 1. The van der Waals surface area contributed by atoms with Crippen LogP contribution in [0, 0.1) is 0 Å². The predicted octanol–water partition coefficient (Wildman–Crippen LogP) is 3.06. The van der Waals surface area contributed by atoms with Gasteiger partial charge in [0.2, 0.25) is 0 Å². The van der Waals surface area contributed by atoms with Crippen molar-refractivity contribution in [3.63, 3.8) is 0 Å². The van der Waals surface area contributed by atoms with Crippen molar-refractivity contribution in [2.75, 3.05) is 11.9 Å². The van der Waals surface area contributed by atoms with Crippen LogP contribution < -0.4 is 4.90 Å². The van der Waals surface area contributed by atoms with Gasteiger partial charge in [0.25, 0.3) is 0 Å². The molecule has 1 unspecified atom stereocenters. The van der Waals surface area contributed by atoms with Crippen molar-refractivity contribution in [1.29, 1.82) is 0 Å². The molecule has 0 aliphatic rings. The Bertz CT molecular complexity index is 409. The molecule has 0 saturated heterocycles. The molecule has 1 aromatic heterocycles. The van der Waals surface area contributed by atoms with E-state index in [0.717, 1.165) is 12.8 Å². The van der Waals surface area contributed by atoms with E-state index in [-0.39, 0.29) is 11.6 Å². The van der Waals surface area contributed by atoms with E-state index >= 15 is 0 Å². The first-order chi connectivity index (χ1) is 7.97. The SMILES string of the molecule is CCCC(C)N(C)c1nc(Cl)ccc1C(=O)O. The largest absolute Gasteiger partial charge is 0.478 e. The fraction of sp³-hybridized carbons (Fsp3) is 0.500. The van der Waals surface area contributed by atoms with Crippen LogP contribution in [0.4, 0.5) is 5.82 Å². The summed E-state index contributed by atoms with van der Waals surface area (Å²) in [7, 11) is 1.84. The average Bonchev–Trinajstić information content (AvgIpc) is 2.27. The maximum atomic E-state index is 11.1. The Kier molecular flexibility index (Phi) is 4.75. The van der Waals surface area contributed by atoms with E-state index in [2.05, 4.69) is 11.9 Å². The lowest BCUT2D eigenvalue weighted by atomic mass is 10.1. The van der Waals surface area contributed by atoms with Gasteiger partial charge in [-0.2, -0.15) is 0 Å². The molecule has 0 fully saturated rings. The summed E-state index contributed by atoms with van der Waals surface area (Å²) in [5.41, 5.74) is 0.180. The van der Waals surface area contributed by atoms with Crippen LogP contribution in [0.1, 0.15) is 37.0 Å². The van der Waals surface area contributed by atoms with Gasteiger partial charge in [0.15, 0.2) is 0 Å². The first-order valence-corrected chi connectivity index (χ1v) is 5.97. The van der Waals surface area contributed by atoms with E-state index in [0.29, 0.717) is 11.0 Å². The Balaban J connectivity index is 3.10. The van der Waals surface area contributed by atoms with E-state index in [9.17, 15) is 4.79 Å². The molecule has 0 aromatic carbocycles. The molecule has 0 aliphatic carbocycles. The van der Waals surface area contributed by atoms with Crippen LogP contribution in [0.15, 0.2) is 12.1 Å². The lowest BCUT2D eigenvalue weighted by Crippen LogP contribution is -2.31. The predicted molar refractivity (Wildman–Crippen MR) is 69.0 cm³/mol. The van der Waals surface area contributed by atoms with Gasteiger partial charge in [-0.25, -0.2) is 9.78 Å². The van der Waals surface area contributed by atoms with Crippen molar-refractivity contribution in [3.05, 3.63) is 22.8 Å². The zero-order chi connectivity index (χ0) is 13.0. The van der Waals surface area contributed by atoms with Crippen molar-refractivity contribution in [2.45, 2.75) is 32.7 Å². The number of aromatic nitrogens is 1. The number of rotatable bonds is 5. The third-order valence-electron chi connectivity index (χ3n) is 2.77. The third kappa shape index (κ3) is 3.33. The van der Waals surface area contributed by atoms with Gasteiger partial charge >= 0.3 is 5.97 Å². The van der Waals surface area contributed by atoms with E-state index in [1.807, 2.05) is 18.9 Å². The fourth-order valence-corrected chi connectivity index (χ4v) is 1.82. The Labute approximate surface area is 106 Å². The standard InChI is InChI=1S/C12H17ClN2O2/c1-4-5-8(2)15(3)11-9(12(16)17)6-7-10(13)14-11/h6-8H,4-5H2,1-3H3,(H,16,17). The van der Waals surface area contributed by atoms with Gasteiger partial charge in [-0.15, -0.1) is 0 Å². The molecule has 0 amide bonds. The number of carbonyl (C=O) groups is 1. The molecular weight excluding hydrogens is 240 g/mol. The second-order valence-corrected chi connectivity index (χ2v) is 4.45. The first-order valence-electron chi connectivity index (χ1n) is 5.60. The van der Waals surface area contributed by atoms with Crippen LogP contribution >= 0.6 is 11.6 Å². The first kappa shape index (κ1) is 13.8. The van der Waals surface area contributed by atoms with Crippen molar-refractivity contribution in [3.8, 4) is 0 Å². The van der Waals surface area contributed by atoms with Gasteiger partial charge < -0.3 is 10.0 Å². The number of aromatic carboxylic acids is 1. The highest BCUT2D eigenvalue weighted by Crippen LogP contribution is 2.22. The number of anilines is 1. The zero-order valence-corrected chi connectivity index (χ0v) is 11.0. The molecule has 1 heterocycles. The molecular formula is C12H17ClN2O2. The quantitative estimate of drug-likeness (QED) is 0.823. The van der Waals surface area contributed by atoms with E-state index in [4.69, 9.17) is 16.7 Å². The van der Waals surface area contributed by atoms with Crippen LogP contribution in [0.3, 0.4) is 0 Å². The summed E-state index contributed by atoms with van der Waals surface area (Å²) in [6.07, 6.45) is 2.01. The third-order valence-corrected chi connectivity index (χ3v) is 2.98. The number of hydrogen-bond acceptors (Lipinski definition) is 3. The van der Waals surface area contributed by atoms with E-state index in [1.165, 1.54) is 12.1 Å². The molecule has 0 saturated carbocycles. The Morgan fingerprint density at radius 3 is 2.76 bits per heavy atom. The van der Waals surface area contributed by atoms with Crippen LogP contribution in [-0.2, 0) is 0 Å². The summed E-state index contributed by atoms with van der Waals surface area (Å²) in [4.78, 5) is 17.1. The van der Waals surface area contributed by atoms with Gasteiger partial charge in [-0.05, 0) is 25.5 Å².